The molecule has 0 saturated carbocycles. The van der Waals surface area contributed by atoms with Crippen LogP contribution in [-0.2, 0) is 11.3 Å². The Kier molecular flexibility index (Phi) is 5.22. The molecule has 2 heterocycles. The van der Waals surface area contributed by atoms with Crippen molar-refractivity contribution >= 4 is 17.4 Å². The lowest BCUT2D eigenvalue weighted by molar-refractivity contribution is 0.0202. The van der Waals surface area contributed by atoms with Crippen LogP contribution in [0.5, 0.6) is 0 Å². The van der Waals surface area contributed by atoms with Crippen LogP contribution in [0.25, 0.3) is 0 Å². The first-order valence-electron chi connectivity index (χ1n) is 7.41. The number of hydrogen-bond acceptors (Lipinski definition) is 5. The predicted octanol–water partition coefficient (Wildman–Crippen LogP) is 2.97. The Morgan fingerprint density at radius 1 is 1.57 bits per heavy atom. The lowest BCUT2D eigenvalue weighted by atomic mass is 10.2. The topological polar surface area (TPSA) is 45.7 Å². The summed E-state index contributed by atoms with van der Waals surface area (Å²) in [5.41, 5.74) is 1.42. The Bertz CT molecular complexity index is 456. The minimum absolute atomic E-state index is 0.184. The van der Waals surface area contributed by atoms with E-state index in [-0.39, 0.29) is 12.1 Å². The predicted molar refractivity (Wildman–Crippen MR) is 84.4 cm³/mol. The second kappa shape index (κ2) is 6.75. The van der Waals surface area contributed by atoms with Gasteiger partial charge in [0.05, 0.1) is 5.51 Å². The number of rotatable bonds is 4. The van der Waals surface area contributed by atoms with Crippen LogP contribution in [-0.4, -0.2) is 52.7 Å². The number of ether oxygens (including phenoxy) is 1. The average molecular weight is 311 g/mol. The first-order chi connectivity index (χ1) is 9.85. The fraction of sp³-hybridized carbons (Fsp3) is 0.733. The van der Waals surface area contributed by atoms with Gasteiger partial charge in [-0.3, -0.25) is 9.88 Å². The molecule has 5 nitrogen and oxygen atoms in total. The quantitative estimate of drug-likeness (QED) is 0.857. The van der Waals surface area contributed by atoms with Gasteiger partial charge < -0.3 is 9.64 Å². The number of likely N-dealkylation sites (N-methyl/N-ethyl adjacent to an activating group) is 1. The summed E-state index contributed by atoms with van der Waals surface area (Å²) in [6, 6.07) is 0.248. The van der Waals surface area contributed by atoms with E-state index in [1.807, 2.05) is 37.4 Å². The van der Waals surface area contributed by atoms with Crippen molar-refractivity contribution in [2.45, 2.75) is 51.8 Å². The Labute approximate surface area is 130 Å². The van der Waals surface area contributed by atoms with Crippen LogP contribution >= 0.6 is 11.3 Å². The molecule has 1 saturated heterocycles. The van der Waals surface area contributed by atoms with Gasteiger partial charge in [-0.2, -0.15) is 0 Å². The van der Waals surface area contributed by atoms with Gasteiger partial charge >= 0.3 is 6.09 Å². The summed E-state index contributed by atoms with van der Waals surface area (Å²) < 4.78 is 5.50. The van der Waals surface area contributed by atoms with E-state index in [0.717, 1.165) is 32.5 Å². The largest absolute Gasteiger partial charge is 0.444 e. The third-order valence-corrected chi connectivity index (χ3v) is 4.20. The Hall–Kier alpha value is -1.14. The molecular formula is C15H25N3O2S. The monoisotopic (exact) mass is 311 g/mol. The van der Waals surface area contributed by atoms with E-state index in [4.69, 9.17) is 4.74 Å². The van der Waals surface area contributed by atoms with Gasteiger partial charge in [0.1, 0.15) is 5.60 Å². The SMILES string of the molecule is CN(Cc1cncs1)C[C@H]1CCCN1C(=O)OC(C)(C)C. The summed E-state index contributed by atoms with van der Waals surface area (Å²) in [5.74, 6) is 0. The normalized spacial score (nSPS) is 19.3. The fourth-order valence-corrected chi connectivity index (χ4v) is 3.27. The average Bonchev–Trinajstić information content (AvgIpc) is 2.97. The number of hydrogen-bond donors (Lipinski definition) is 0. The number of carbonyl (C=O) groups is 1. The molecule has 1 amide bonds. The van der Waals surface area contributed by atoms with E-state index in [2.05, 4.69) is 16.9 Å². The standard InChI is InChI=1S/C15H25N3O2S/c1-15(2,3)20-14(19)18-7-5-6-12(18)9-17(4)10-13-8-16-11-21-13/h8,11-12H,5-7,9-10H2,1-4H3/t12-/m1/s1. The maximum Gasteiger partial charge on any atom is 0.410 e. The third kappa shape index (κ3) is 4.97. The van der Waals surface area contributed by atoms with E-state index in [1.54, 1.807) is 11.3 Å². The van der Waals surface area contributed by atoms with Crippen molar-refractivity contribution in [3.63, 3.8) is 0 Å². The van der Waals surface area contributed by atoms with Gasteiger partial charge in [0.2, 0.25) is 0 Å². The Balaban J connectivity index is 1.88. The highest BCUT2D eigenvalue weighted by molar-refractivity contribution is 7.09. The lowest BCUT2D eigenvalue weighted by Crippen LogP contribution is -2.44. The molecule has 0 aliphatic carbocycles. The zero-order valence-electron chi connectivity index (χ0n) is 13.3. The molecular weight excluding hydrogens is 286 g/mol. The van der Waals surface area contributed by atoms with Crippen molar-refractivity contribution in [3.05, 3.63) is 16.6 Å². The van der Waals surface area contributed by atoms with Crippen LogP contribution in [0.15, 0.2) is 11.7 Å². The van der Waals surface area contributed by atoms with Gasteiger partial charge in [0.25, 0.3) is 0 Å². The smallest absolute Gasteiger partial charge is 0.410 e. The van der Waals surface area contributed by atoms with Crippen LogP contribution in [0.3, 0.4) is 0 Å². The number of carbonyl (C=O) groups excluding carboxylic acids is 1. The fourth-order valence-electron chi connectivity index (χ4n) is 2.60. The molecule has 21 heavy (non-hydrogen) atoms. The lowest BCUT2D eigenvalue weighted by Gasteiger charge is -2.30. The molecule has 1 aromatic heterocycles. The van der Waals surface area contributed by atoms with Crippen molar-refractivity contribution in [2.75, 3.05) is 20.1 Å². The van der Waals surface area contributed by atoms with Gasteiger partial charge in [-0.1, -0.05) is 0 Å². The molecule has 2 rings (SSSR count). The second-order valence-electron chi connectivity index (χ2n) is 6.63. The molecule has 1 aliphatic rings. The highest BCUT2D eigenvalue weighted by Gasteiger charge is 2.32. The molecule has 1 aliphatic heterocycles. The van der Waals surface area contributed by atoms with Gasteiger partial charge in [0, 0.05) is 36.8 Å². The van der Waals surface area contributed by atoms with Gasteiger partial charge in [-0.05, 0) is 40.7 Å². The van der Waals surface area contributed by atoms with Gasteiger partial charge in [-0.15, -0.1) is 11.3 Å². The van der Waals surface area contributed by atoms with Crippen molar-refractivity contribution in [2.24, 2.45) is 0 Å². The van der Waals surface area contributed by atoms with E-state index >= 15 is 0 Å². The third-order valence-electron chi connectivity index (χ3n) is 3.44. The summed E-state index contributed by atoms with van der Waals surface area (Å²) in [4.78, 5) is 21.7. The highest BCUT2D eigenvalue weighted by Crippen LogP contribution is 2.22. The van der Waals surface area contributed by atoms with Crippen molar-refractivity contribution in [3.8, 4) is 0 Å². The van der Waals surface area contributed by atoms with Crippen LogP contribution in [0.2, 0.25) is 0 Å². The molecule has 0 N–H and O–H groups in total. The number of nitrogens with zero attached hydrogens (tertiary/aromatic N) is 3. The zero-order valence-corrected chi connectivity index (χ0v) is 14.2. The van der Waals surface area contributed by atoms with Crippen molar-refractivity contribution < 1.29 is 9.53 Å². The number of aromatic nitrogens is 1. The first kappa shape index (κ1) is 16.2. The summed E-state index contributed by atoms with van der Waals surface area (Å²) in [6.45, 7) is 8.28. The van der Waals surface area contributed by atoms with E-state index in [9.17, 15) is 4.79 Å². The molecule has 0 radical (unpaired) electrons. The van der Waals surface area contributed by atoms with Crippen LogP contribution in [0.4, 0.5) is 4.79 Å². The van der Waals surface area contributed by atoms with Gasteiger partial charge in [0.15, 0.2) is 0 Å². The Morgan fingerprint density at radius 3 is 2.95 bits per heavy atom. The molecule has 0 spiro atoms. The van der Waals surface area contributed by atoms with Crippen LogP contribution in [0, 0.1) is 0 Å². The highest BCUT2D eigenvalue weighted by atomic mass is 32.1. The molecule has 0 bridgehead atoms. The summed E-state index contributed by atoms with van der Waals surface area (Å²) in [6.07, 6.45) is 3.82. The van der Waals surface area contributed by atoms with E-state index in [1.165, 1.54) is 4.88 Å². The summed E-state index contributed by atoms with van der Waals surface area (Å²) in [5, 5.41) is 0. The summed E-state index contributed by atoms with van der Waals surface area (Å²) in [7, 11) is 2.09. The number of likely N-dealkylation sites (tertiary alicyclic amines) is 1. The van der Waals surface area contributed by atoms with Gasteiger partial charge in [-0.25, -0.2) is 4.79 Å². The molecule has 1 atom stereocenters. The zero-order chi connectivity index (χ0) is 15.5. The second-order valence-corrected chi connectivity index (χ2v) is 7.61. The van der Waals surface area contributed by atoms with Crippen molar-refractivity contribution in [1.29, 1.82) is 0 Å². The van der Waals surface area contributed by atoms with Crippen LogP contribution < -0.4 is 0 Å². The molecule has 1 aromatic rings. The number of amides is 1. The molecule has 1 fully saturated rings. The molecule has 0 aromatic carbocycles. The summed E-state index contributed by atoms with van der Waals surface area (Å²) >= 11 is 1.67. The Morgan fingerprint density at radius 2 is 2.33 bits per heavy atom. The molecule has 6 heteroatoms. The first-order valence-corrected chi connectivity index (χ1v) is 8.28. The minimum atomic E-state index is -0.432. The van der Waals surface area contributed by atoms with Crippen LogP contribution in [0.1, 0.15) is 38.5 Å². The van der Waals surface area contributed by atoms with Crippen molar-refractivity contribution in [1.82, 2.24) is 14.8 Å². The molecule has 0 unspecified atom stereocenters. The number of thiazole rings is 1. The molecule has 118 valence electrons. The van der Waals surface area contributed by atoms with E-state index < -0.39 is 5.60 Å². The van der Waals surface area contributed by atoms with E-state index in [0.29, 0.717) is 0 Å². The minimum Gasteiger partial charge on any atom is -0.444 e. The maximum atomic E-state index is 12.2. The maximum absolute atomic E-state index is 12.2.